The number of thiazole rings is 2. The normalized spacial score (nSPS) is 11.4. The van der Waals surface area contributed by atoms with Crippen LogP contribution in [-0.4, -0.2) is 40.0 Å². The van der Waals surface area contributed by atoms with Gasteiger partial charge in [-0.3, -0.25) is 40.5 Å². The quantitative estimate of drug-likeness (QED) is 0.143. The number of nitro groups is 2. The van der Waals surface area contributed by atoms with Crippen LogP contribution in [0.3, 0.4) is 0 Å². The number of rotatable bonds is 8. The molecule has 2 amide bonds. The Labute approximate surface area is 260 Å². The molecule has 14 nitrogen and oxygen atoms in total. The molecule has 0 unspecified atom stereocenters. The van der Waals surface area contributed by atoms with E-state index in [0.29, 0.717) is 20.4 Å². The molecule has 0 aliphatic rings. The molecule has 0 saturated carbocycles. The van der Waals surface area contributed by atoms with Crippen molar-refractivity contribution in [1.82, 2.24) is 9.97 Å². The summed E-state index contributed by atoms with van der Waals surface area (Å²) in [4.78, 5) is 54.4. The zero-order valence-electron chi connectivity index (χ0n) is 22.4. The van der Waals surface area contributed by atoms with Crippen LogP contribution in [0.1, 0.15) is 20.7 Å². The molecule has 0 aliphatic heterocycles. The number of amides is 2. The van der Waals surface area contributed by atoms with Gasteiger partial charge in [0.15, 0.2) is 10.3 Å². The van der Waals surface area contributed by atoms with Crippen LogP contribution < -0.4 is 10.6 Å². The molecular weight excluding hydrogens is 645 g/mol. The Hall–Kier alpha value is -5.65. The SMILES string of the molecule is O=C(Nc1nc2ccc(S(=O)(=O)c3ccc4nc(NC(=O)c5ccc([N+](=O)[O-])cc5)sc4c3)cc2s1)c1ccc([N+](=O)[O-])cc1. The number of aromatic nitrogens is 2. The maximum Gasteiger partial charge on any atom is 0.269 e. The van der Waals surface area contributed by atoms with Crippen LogP contribution in [0.2, 0.25) is 0 Å². The molecule has 2 N–H and O–H groups in total. The molecule has 0 atom stereocenters. The number of nitrogens with one attached hydrogen (secondary N) is 2. The largest absolute Gasteiger partial charge is 0.298 e. The van der Waals surface area contributed by atoms with Gasteiger partial charge in [-0.1, -0.05) is 22.7 Å². The summed E-state index contributed by atoms with van der Waals surface area (Å²) in [6.45, 7) is 0. The molecule has 17 heteroatoms. The van der Waals surface area contributed by atoms with Crippen LogP contribution in [0.4, 0.5) is 21.6 Å². The van der Waals surface area contributed by atoms with Crippen LogP contribution in [-0.2, 0) is 9.84 Å². The standard InChI is InChI=1S/C28H16N6O8S3/c35-25(15-1-5-17(6-2-15)33(37)38)31-27-29-21-11-9-19(13-23(21)43-27)45(41,42)20-10-12-22-24(14-20)44-28(30-22)32-26(36)16-3-7-18(8-4-16)34(39)40/h1-14H,(H,29,31,35)(H,30,32,36). The lowest BCUT2D eigenvalue weighted by Crippen LogP contribution is -2.11. The topological polar surface area (TPSA) is 204 Å². The first-order valence-corrected chi connectivity index (χ1v) is 15.8. The molecule has 0 aliphatic carbocycles. The number of anilines is 2. The second-order valence-electron chi connectivity index (χ2n) is 9.32. The van der Waals surface area contributed by atoms with E-state index in [1.807, 2.05) is 0 Å². The zero-order chi connectivity index (χ0) is 31.9. The Balaban J connectivity index is 1.20. The van der Waals surface area contributed by atoms with Gasteiger partial charge in [-0.25, -0.2) is 18.4 Å². The van der Waals surface area contributed by atoms with Crippen molar-refractivity contribution in [2.45, 2.75) is 9.79 Å². The first kappa shape index (κ1) is 29.4. The Morgan fingerprint density at radius 1 is 0.622 bits per heavy atom. The van der Waals surface area contributed by atoms with Gasteiger partial charge in [-0.05, 0) is 60.7 Å². The minimum absolute atomic E-state index is 0.00228. The molecule has 6 rings (SSSR count). The van der Waals surface area contributed by atoms with Crippen LogP contribution in [0, 0.1) is 20.2 Å². The van der Waals surface area contributed by atoms with E-state index in [2.05, 4.69) is 20.6 Å². The summed E-state index contributed by atoms with van der Waals surface area (Å²) < 4.78 is 28.1. The van der Waals surface area contributed by atoms with Gasteiger partial charge in [0.05, 0.1) is 40.1 Å². The molecule has 0 fully saturated rings. The molecule has 0 radical (unpaired) electrons. The fourth-order valence-corrected chi connectivity index (χ4v) is 7.46. The number of fused-ring (bicyclic) bond motifs is 2. The molecule has 4 aromatic carbocycles. The number of sulfone groups is 1. The second kappa shape index (κ2) is 11.5. The van der Waals surface area contributed by atoms with Gasteiger partial charge >= 0.3 is 0 Å². The maximum atomic E-state index is 13.5. The number of hydrogen-bond acceptors (Lipinski definition) is 12. The lowest BCUT2D eigenvalue weighted by Gasteiger charge is -2.04. The predicted molar refractivity (Wildman–Crippen MR) is 167 cm³/mol. The number of nitrogens with zero attached hydrogens (tertiary/aromatic N) is 4. The van der Waals surface area contributed by atoms with Crippen molar-refractivity contribution in [1.29, 1.82) is 0 Å². The first-order valence-electron chi connectivity index (χ1n) is 12.7. The van der Waals surface area contributed by atoms with Crippen molar-refractivity contribution in [2.75, 3.05) is 10.6 Å². The summed E-state index contributed by atoms with van der Waals surface area (Å²) in [6.07, 6.45) is 0. The van der Waals surface area contributed by atoms with Crippen molar-refractivity contribution in [2.24, 2.45) is 0 Å². The molecular formula is C28H16N6O8S3. The van der Waals surface area contributed by atoms with Gasteiger partial charge in [0.2, 0.25) is 9.84 Å². The van der Waals surface area contributed by atoms with Gasteiger partial charge in [0, 0.05) is 35.4 Å². The van der Waals surface area contributed by atoms with E-state index in [0.717, 1.165) is 22.7 Å². The summed E-state index contributed by atoms with van der Waals surface area (Å²) in [5.41, 5.74) is 1.00. The molecule has 0 spiro atoms. The molecule has 6 aromatic rings. The lowest BCUT2D eigenvalue weighted by molar-refractivity contribution is -0.385. The van der Waals surface area contributed by atoms with Gasteiger partial charge < -0.3 is 0 Å². The van der Waals surface area contributed by atoms with Gasteiger partial charge in [0.1, 0.15) is 0 Å². The fourth-order valence-electron chi connectivity index (χ4n) is 4.19. The number of non-ortho nitro benzene ring substituents is 2. The number of carbonyl (C=O) groups excluding carboxylic acids is 2. The highest BCUT2D eigenvalue weighted by Gasteiger charge is 2.21. The van der Waals surface area contributed by atoms with E-state index >= 15 is 0 Å². The first-order chi connectivity index (χ1) is 21.5. The summed E-state index contributed by atoms with van der Waals surface area (Å²) in [7, 11) is -3.98. The molecule has 0 bridgehead atoms. The van der Waals surface area contributed by atoms with E-state index in [4.69, 9.17) is 0 Å². The number of carbonyl (C=O) groups is 2. The lowest BCUT2D eigenvalue weighted by atomic mass is 10.2. The number of hydrogen-bond donors (Lipinski definition) is 2. The van der Waals surface area contributed by atoms with Crippen LogP contribution in [0.15, 0.2) is 94.7 Å². The Kier molecular flexibility index (Phi) is 7.49. The van der Waals surface area contributed by atoms with Gasteiger partial charge in [-0.2, -0.15) is 0 Å². The van der Waals surface area contributed by atoms with Crippen molar-refractivity contribution in [3.8, 4) is 0 Å². The molecule has 2 heterocycles. The highest BCUT2D eigenvalue weighted by molar-refractivity contribution is 7.91. The third-order valence-corrected chi connectivity index (χ3v) is 10.1. The van der Waals surface area contributed by atoms with Gasteiger partial charge in [0.25, 0.3) is 23.2 Å². The third-order valence-electron chi connectivity index (χ3n) is 6.46. The van der Waals surface area contributed by atoms with E-state index in [-0.39, 0.29) is 42.6 Å². The maximum absolute atomic E-state index is 13.5. The van der Waals surface area contributed by atoms with Crippen molar-refractivity contribution in [3.63, 3.8) is 0 Å². The zero-order valence-corrected chi connectivity index (χ0v) is 24.8. The molecule has 2 aromatic heterocycles. The Bertz CT molecular complexity index is 2130. The van der Waals surface area contributed by atoms with Gasteiger partial charge in [-0.15, -0.1) is 0 Å². The summed E-state index contributed by atoms with van der Waals surface area (Å²) >= 11 is 2.14. The van der Waals surface area contributed by atoms with E-state index in [9.17, 15) is 38.2 Å². The minimum atomic E-state index is -3.98. The van der Waals surface area contributed by atoms with Crippen molar-refractivity contribution >= 4 is 86.4 Å². The van der Waals surface area contributed by atoms with E-state index in [1.165, 1.54) is 84.9 Å². The monoisotopic (exact) mass is 660 g/mol. The van der Waals surface area contributed by atoms with Crippen LogP contribution in [0.25, 0.3) is 20.4 Å². The molecule has 45 heavy (non-hydrogen) atoms. The highest BCUT2D eigenvalue weighted by atomic mass is 32.2. The Morgan fingerprint density at radius 2 is 1.00 bits per heavy atom. The fraction of sp³-hybridized carbons (Fsp3) is 0. The molecule has 0 saturated heterocycles. The summed E-state index contributed by atoms with van der Waals surface area (Å²) in [6, 6.07) is 18.9. The second-order valence-corrected chi connectivity index (χ2v) is 13.3. The summed E-state index contributed by atoms with van der Waals surface area (Å²) in [5.74, 6) is -1.06. The number of nitro benzene ring substituents is 2. The predicted octanol–water partition coefficient (Wildman–Crippen LogP) is 6.06. The van der Waals surface area contributed by atoms with E-state index < -0.39 is 31.5 Å². The number of benzene rings is 4. The van der Waals surface area contributed by atoms with Crippen LogP contribution in [0.5, 0.6) is 0 Å². The molecule has 224 valence electrons. The van der Waals surface area contributed by atoms with Crippen molar-refractivity contribution < 1.29 is 27.9 Å². The Morgan fingerprint density at radius 3 is 1.36 bits per heavy atom. The average molecular weight is 661 g/mol. The smallest absolute Gasteiger partial charge is 0.269 e. The van der Waals surface area contributed by atoms with E-state index in [1.54, 1.807) is 0 Å². The summed E-state index contributed by atoms with van der Waals surface area (Å²) in [5, 5.41) is 27.4. The van der Waals surface area contributed by atoms with Crippen LogP contribution >= 0.6 is 22.7 Å². The third kappa shape index (κ3) is 5.94. The minimum Gasteiger partial charge on any atom is -0.298 e. The van der Waals surface area contributed by atoms with Crippen molar-refractivity contribution in [3.05, 3.63) is 116 Å². The average Bonchev–Trinajstić information content (AvgIpc) is 3.62. The highest BCUT2D eigenvalue weighted by Crippen LogP contribution is 2.33.